The zero-order valence-corrected chi connectivity index (χ0v) is 17.2. The maximum Gasteiger partial charge on any atom is 0.257 e. The number of amides is 1. The molecule has 2 saturated heterocycles. The topological polar surface area (TPSA) is 23.6 Å². The van der Waals surface area contributed by atoms with Crippen molar-refractivity contribution >= 4 is 17.7 Å². The Morgan fingerprint density at radius 3 is 2.43 bits per heavy atom. The van der Waals surface area contributed by atoms with Crippen molar-refractivity contribution in [1.29, 1.82) is 0 Å². The van der Waals surface area contributed by atoms with Crippen molar-refractivity contribution in [2.45, 2.75) is 36.6 Å². The third-order valence-electron chi connectivity index (χ3n) is 5.93. The largest absolute Gasteiger partial charge is 0.334 e. The standard InChI is InChI=1S/C23H27FN2OS/c1-28-20-9-6-17(7-10-20)18-8-11-21(22(24)15-18)23(27)26-14-4-5-19(26)16-25-12-2-3-13-25/h6-11,15,19H,2-5,12-14,16H2,1H3/t19-/m0/s1. The highest BCUT2D eigenvalue weighted by atomic mass is 32.2. The van der Waals surface area contributed by atoms with Crippen LogP contribution in [-0.2, 0) is 0 Å². The number of halogens is 1. The van der Waals surface area contributed by atoms with Crippen LogP contribution in [0, 0.1) is 5.82 Å². The van der Waals surface area contributed by atoms with Gasteiger partial charge in [0.15, 0.2) is 0 Å². The Morgan fingerprint density at radius 2 is 1.75 bits per heavy atom. The third kappa shape index (κ3) is 4.11. The Bertz CT molecular complexity index is 833. The summed E-state index contributed by atoms with van der Waals surface area (Å²) >= 11 is 1.68. The fourth-order valence-corrected chi connectivity index (χ4v) is 4.77. The second kappa shape index (κ2) is 8.66. The van der Waals surface area contributed by atoms with Crippen molar-refractivity contribution in [1.82, 2.24) is 9.80 Å². The van der Waals surface area contributed by atoms with E-state index in [1.807, 2.05) is 41.5 Å². The molecule has 1 atom stereocenters. The number of likely N-dealkylation sites (tertiary alicyclic amines) is 2. The summed E-state index contributed by atoms with van der Waals surface area (Å²) in [7, 11) is 0. The van der Waals surface area contributed by atoms with Gasteiger partial charge >= 0.3 is 0 Å². The molecule has 2 fully saturated rings. The first-order valence-corrected chi connectivity index (χ1v) is 11.4. The minimum absolute atomic E-state index is 0.163. The zero-order chi connectivity index (χ0) is 19.5. The molecule has 28 heavy (non-hydrogen) atoms. The Balaban J connectivity index is 1.50. The second-order valence-corrected chi connectivity index (χ2v) is 8.61. The number of nitrogens with zero attached hydrogens (tertiary/aromatic N) is 2. The Morgan fingerprint density at radius 1 is 1.04 bits per heavy atom. The summed E-state index contributed by atoms with van der Waals surface area (Å²) in [6.07, 6.45) is 6.54. The number of rotatable bonds is 5. The summed E-state index contributed by atoms with van der Waals surface area (Å²) in [4.78, 5) is 18.6. The average molecular weight is 399 g/mol. The van der Waals surface area contributed by atoms with Gasteiger partial charge in [-0.1, -0.05) is 18.2 Å². The lowest BCUT2D eigenvalue weighted by Crippen LogP contribution is -2.42. The van der Waals surface area contributed by atoms with Crippen LogP contribution in [0.2, 0.25) is 0 Å². The van der Waals surface area contributed by atoms with E-state index in [2.05, 4.69) is 4.90 Å². The van der Waals surface area contributed by atoms with Crippen LogP contribution < -0.4 is 0 Å². The van der Waals surface area contributed by atoms with E-state index in [4.69, 9.17) is 0 Å². The molecule has 0 aromatic heterocycles. The van der Waals surface area contributed by atoms with Crippen LogP contribution >= 0.6 is 11.8 Å². The quantitative estimate of drug-likeness (QED) is 0.668. The molecule has 0 radical (unpaired) electrons. The van der Waals surface area contributed by atoms with E-state index >= 15 is 0 Å². The van der Waals surface area contributed by atoms with Gasteiger partial charge in [0, 0.05) is 24.0 Å². The van der Waals surface area contributed by atoms with Crippen LogP contribution in [0.1, 0.15) is 36.0 Å². The van der Waals surface area contributed by atoms with Gasteiger partial charge in [-0.05, 0) is 80.4 Å². The third-order valence-corrected chi connectivity index (χ3v) is 6.67. The number of benzene rings is 2. The van der Waals surface area contributed by atoms with E-state index in [0.717, 1.165) is 50.1 Å². The molecule has 3 nitrogen and oxygen atoms in total. The van der Waals surface area contributed by atoms with Gasteiger partial charge in [-0.2, -0.15) is 0 Å². The zero-order valence-electron chi connectivity index (χ0n) is 16.4. The van der Waals surface area contributed by atoms with Crippen LogP contribution in [0.25, 0.3) is 11.1 Å². The maximum atomic E-state index is 14.9. The molecule has 148 valence electrons. The van der Waals surface area contributed by atoms with Crippen LogP contribution in [0.3, 0.4) is 0 Å². The first-order chi connectivity index (χ1) is 13.7. The minimum Gasteiger partial charge on any atom is -0.334 e. The molecule has 2 aromatic rings. The van der Waals surface area contributed by atoms with E-state index in [-0.39, 0.29) is 17.5 Å². The van der Waals surface area contributed by atoms with Gasteiger partial charge < -0.3 is 9.80 Å². The van der Waals surface area contributed by atoms with Crippen molar-refractivity contribution in [2.24, 2.45) is 0 Å². The second-order valence-electron chi connectivity index (χ2n) is 7.73. The molecule has 0 saturated carbocycles. The van der Waals surface area contributed by atoms with Gasteiger partial charge in [-0.25, -0.2) is 4.39 Å². The molecule has 0 spiro atoms. The number of carbonyl (C=O) groups excluding carboxylic acids is 1. The highest BCUT2D eigenvalue weighted by Crippen LogP contribution is 2.27. The smallest absolute Gasteiger partial charge is 0.257 e. The maximum absolute atomic E-state index is 14.9. The van der Waals surface area contributed by atoms with Crippen LogP contribution in [0.5, 0.6) is 0 Å². The molecule has 2 aliphatic heterocycles. The number of carbonyl (C=O) groups is 1. The van der Waals surface area contributed by atoms with E-state index in [1.54, 1.807) is 17.8 Å². The predicted molar refractivity (Wildman–Crippen MR) is 113 cm³/mol. The molecule has 0 N–H and O–H groups in total. The van der Waals surface area contributed by atoms with Gasteiger partial charge in [0.2, 0.25) is 0 Å². The number of thioether (sulfide) groups is 1. The molecule has 2 aromatic carbocycles. The fourth-order valence-electron chi connectivity index (χ4n) is 4.36. The molecule has 5 heteroatoms. The fraction of sp³-hybridized carbons (Fsp3) is 0.435. The number of hydrogen-bond acceptors (Lipinski definition) is 3. The summed E-state index contributed by atoms with van der Waals surface area (Å²) in [6, 6.07) is 13.3. The Labute approximate surface area is 170 Å². The predicted octanol–water partition coefficient (Wildman–Crippen LogP) is 4.92. The van der Waals surface area contributed by atoms with Crippen LogP contribution in [0.15, 0.2) is 47.4 Å². The van der Waals surface area contributed by atoms with Gasteiger partial charge in [-0.3, -0.25) is 4.79 Å². The van der Waals surface area contributed by atoms with E-state index in [9.17, 15) is 9.18 Å². The van der Waals surface area contributed by atoms with Gasteiger partial charge in [0.05, 0.1) is 5.56 Å². The normalized spacial score (nSPS) is 20.1. The van der Waals surface area contributed by atoms with Gasteiger partial charge in [0.1, 0.15) is 5.82 Å². The number of hydrogen-bond donors (Lipinski definition) is 0. The molecular formula is C23H27FN2OS. The van der Waals surface area contributed by atoms with E-state index in [0.29, 0.717) is 0 Å². The van der Waals surface area contributed by atoms with Gasteiger partial charge in [0.25, 0.3) is 5.91 Å². The molecule has 0 unspecified atom stereocenters. The lowest BCUT2D eigenvalue weighted by Gasteiger charge is -2.28. The van der Waals surface area contributed by atoms with Crippen molar-refractivity contribution < 1.29 is 9.18 Å². The molecule has 4 rings (SSSR count). The molecule has 2 aliphatic rings. The Hall–Kier alpha value is -1.85. The Kier molecular flexibility index (Phi) is 6.02. The average Bonchev–Trinajstić information content (AvgIpc) is 3.40. The van der Waals surface area contributed by atoms with Crippen molar-refractivity contribution in [3.63, 3.8) is 0 Å². The molecular weight excluding hydrogens is 371 g/mol. The first kappa shape index (κ1) is 19.5. The summed E-state index contributed by atoms with van der Waals surface area (Å²) in [5, 5.41) is 0. The van der Waals surface area contributed by atoms with E-state index < -0.39 is 5.82 Å². The summed E-state index contributed by atoms with van der Waals surface area (Å²) in [6.45, 7) is 3.90. The van der Waals surface area contributed by atoms with Crippen molar-refractivity contribution in [3.05, 3.63) is 53.8 Å². The lowest BCUT2D eigenvalue weighted by molar-refractivity contribution is 0.0704. The van der Waals surface area contributed by atoms with E-state index in [1.165, 1.54) is 23.8 Å². The van der Waals surface area contributed by atoms with Crippen molar-refractivity contribution in [3.8, 4) is 11.1 Å². The highest BCUT2D eigenvalue weighted by molar-refractivity contribution is 7.98. The summed E-state index contributed by atoms with van der Waals surface area (Å²) in [5.41, 5.74) is 1.96. The molecule has 1 amide bonds. The van der Waals surface area contributed by atoms with Crippen molar-refractivity contribution in [2.75, 3.05) is 32.4 Å². The summed E-state index contributed by atoms with van der Waals surface area (Å²) < 4.78 is 14.9. The molecule has 0 bridgehead atoms. The summed E-state index contributed by atoms with van der Waals surface area (Å²) in [5.74, 6) is -0.591. The first-order valence-electron chi connectivity index (χ1n) is 10.1. The SMILES string of the molecule is CSc1ccc(-c2ccc(C(=O)N3CCC[C@H]3CN3CCCC3)c(F)c2)cc1. The monoisotopic (exact) mass is 398 g/mol. The lowest BCUT2D eigenvalue weighted by atomic mass is 10.0. The van der Waals surface area contributed by atoms with Crippen LogP contribution in [0.4, 0.5) is 4.39 Å². The highest BCUT2D eigenvalue weighted by Gasteiger charge is 2.32. The van der Waals surface area contributed by atoms with Gasteiger partial charge in [-0.15, -0.1) is 11.8 Å². The minimum atomic E-state index is -0.428. The van der Waals surface area contributed by atoms with Crippen LogP contribution in [-0.4, -0.2) is 54.2 Å². The molecule has 2 heterocycles. The molecule has 0 aliphatic carbocycles.